The molecular formula is C17H26Cl2N2. The molecule has 2 rings (SSSR count). The third-order valence-corrected chi connectivity index (χ3v) is 4.98. The van der Waals surface area contributed by atoms with Gasteiger partial charge in [0.15, 0.2) is 0 Å². The average Bonchev–Trinajstić information content (AvgIpc) is 2.46. The van der Waals surface area contributed by atoms with Crippen molar-refractivity contribution in [3.63, 3.8) is 0 Å². The third kappa shape index (κ3) is 4.85. The standard InChI is InChI=1S/C17H26Cl2N2/c1-3-5-14-12-21(15(6-4-2)10-20-14)11-13-7-8-16(18)17(19)9-13/h7-9,14-15,20H,3-6,10-12H2,1-2H3. The zero-order valence-corrected chi connectivity index (χ0v) is 14.6. The van der Waals surface area contributed by atoms with E-state index in [1.807, 2.05) is 12.1 Å². The van der Waals surface area contributed by atoms with E-state index in [1.54, 1.807) is 0 Å². The molecule has 0 radical (unpaired) electrons. The summed E-state index contributed by atoms with van der Waals surface area (Å²) in [5.74, 6) is 0. The highest BCUT2D eigenvalue weighted by Gasteiger charge is 2.26. The summed E-state index contributed by atoms with van der Waals surface area (Å²) in [6, 6.07) is 7.24. The first-order valence-electron chi connectivity index (χ1n) is 8.05. The van der Waals surface area contributed by atoms with Gasteiger partial charge in [0, 0.05) is 31.7 Å². The first-order chi connectivity index (χ1) is 10.1. The molecule has 0 saturated carbocycles. The predicted octanol–water partition coefficient (Wildman–Crippen LogP) is 4.74. The monoisotopic (exact) mass is 328 g/mol. The highest BCUT2D eigenvalue weighted by atomic mass is 35.5. The van der Waals surface area contributed by atoms with Crippen molar-refractivity contribution in [3.05, 3.63) is 33.8 Å². The minimum atomic E-state index is 0.617. The Kier molecular flexibility index (Phi) is 6.81. The summed E-state index contributed by atoms with van der Waals surface area (Å²) in [5, 5.41) is 4.99. The Balaban J connectivity index is 2.05. The summed E-state index contributed by atoms with van der Waals surface area (Å²) >= 11 is 12.2. The number of hydrogen-bond donors (Lipinski definition) is 1. The van der Waals surface area contributed by atoms with Crippen molar-refractivity contribution < 1.29 is 0 Å². The van der Waals surface area contributed by atoms with Crippen LogP contribution in [0.1, 0.15) is 45.1 Å². The Morgan fingerprint density at radius 2 is 1.90 bits per heavy atom. The Morgan fingerprint density at radius 3 is 2.57 bits per heavy atom. The lowest BCUT2D eigenvalue weighted by molar-refractivity contribution is 0.112. The van der Waals surface area contributed by atoms with Crippen LogP contribution in [0.2, 0.25) is 10.0 Å². The quantitative estimate of drug-likeness (QED) is 0.811. The highest BCUT2D eigenvalue weighted by Crippen LogP contribution is 2.25. The van der Waals surface area contributed by atoms with Crippen molar-refractivity contribution in [1.82, 2.24) is 10.2 Å². The van der Waals surface area contributed by atoms with Crippen molar-refractivity contribution >= 4 is 23.2 Å². The van der Waals surface area contributed by atoms with Gasteiger partial charge in [-0.3, -0.25) is 4.90 Å². The van der Waals surface area contributed by atoms with Crippen LogP contribution in [-0.2, 0) is 6.54 Å². The molecule has 0 aliphatic carbocycles. The summed E-state index contributed by atoms with van der Waals surface area (Å²) in [6.45, 7) is 7.70. The maximum Gasteiger partial charge on any atom is 0.0595 e. The number of halogens is 2. The number of rotatable bonds is 6. The Bertz CT molecular complexity index is 450. The van der Waals surface area contributed by atoms with Crippen molar-refractivity contribution in [2.45, 2.75) is 58.2 Å². The molecule has 1 saturated heterocycles. The molecule has 0 aromatic heterocycles. The minimum absolute atomic E-state index is 0.617. The van der Waals surface area contributed by atoms with E-state index in [9.17, 15) is 0 Å². The molecule has 2 unspecified atom stereocenters. The van der Waals surface area contributed by atoms with Crippen LogP contribution in [0.4, 0.5) is 0 Å². The summed E-state index contributed by atoms with van der Waals surface area (Å²) < 4.78 is 0. The SMILES string of the molecule is CCCC1CN(Cc2ccc(Cl)c(Cl)c2)C(CCC)CN1. The zero-order chi connectivity index (χ0) is 15.2. The lowest BCUT2D eigenvalue weighted by Gasteiger charge is -2.40. The smallest absolute Gasteiger partial charge is 0.0595 e. The normalized spacial score (nSPS) is 23.4. The van der Waals surface area contributed by atoms with E-state index in [1.165, 1.54) is 31.2 Å². The van der Waals surface area contributed by atoms with E-state index >= 15 is 0 Å². The van der Waals surface area contributed by atoms with Crippen molar-refractivity contribution in [1.29, 1.82) is 0 Å². The van der Waals surface area contributed by atoms with Crippen LogP contribution < -0.4 is 5.32 Å². The Hall–Kier alpha value is -0.280. The molecular weight excluding hydrogens is 303 g/mol. The second kappa shape index (κ2) is 8.38. The molecule has 21 heavy (non-hydrogen) atoms. The first-order valence-corrected chi connectivity index (χ1v) is 8.81. The fourth-order valence-corrected chi connectivity index (χ4v) is 3.48. The summed E-state index contributed by atoms with van der Waals surface area (Å²) in [5.41, 5.74) is 1.25. The van der Waals surface area contributed by atoms with Crippen LogP contribution >= 0.6 is 23.2 Å². The number of nitrogens with zero attached hydrogens (tertiary/aromatic N) is 1. The number of piperazine rings is 1. The minimum Gasteiger partial charge on any atom is -0.311 e. The maximum atomic E-state index is 6.14. The average molecular weight is 329 g/mol. The molecule has 0 spiro atoms. The second-order valence-electron chi connectivity index (χ2n) is 6.01. The summed E-state index contributed by atoms with van der Waals surface area (Å²) in [7, 11) is 0. The molecule has 4 heteroatoms. The van der Waals surface area contributed by atoms with Gasteiger partial charge in [-0.2, -0.15) is 0 Å². The zero-order valence-electron chi connectivity index (χ0n) is 13.0. The van der Waals surface area contributed by atoms with Crippen LogP contribution in [0.15, 0.2) is 18.2 Å². The van der Waals surface area contributed by atoms with Crippen LogP contribution in [0, 0.1) is 0 Å². The number of benzene rings is 1. The molecule has 0 bridgehead atoms. The molecule has 2 nitrogen and oxygen atoms in total. The van der Waals surface area contributed by atoms with Crippen molar-refractivity contribution in [2.75, 3.05) is 13.1 Å². The predicted molar refractivity (Wildman–Crippen MR) is 92.3 cm³/mol. The van der Waals surface area contributed by atoms with E-state index in [-0.39, 0.29) is 0 Å². The molecule has 2 atom stereocenters. The second-order valence-corrected chi connectivity index (χ2v) is 6.83. The molecule has 1 aromatic rings. The largest absolute Gasteiger partial charge is 0.311 e. The maximum absolute atomic E-state index is 6.14. The van der Waals surface area contributed by atoms with Gasteiger partial charge < -0.3 is 5.32 Å². The molecule has 1 fully saturated rings. The van der Waals surface area contributed by atoms with Crippen LogP contribution in [0.3, 0.4) is 0 Å². The van der Waals surface area contributed by atoms with Gasteiger partial charge >= 0.3 is 0 Å². The van der Waals surface area contributed by atoms with E-state index in [4.69, 9.17) is 23.2 Å². The van der Waals surface area contributed by atoms with Gasteiger partial charge in [-0.05, 0) is 30.5 Å². The van der Waals surface area contributed by atoms with Gasteiger partial charge in [-0.25, -0.2) is 0 Å². The topological polar surface area (TPSA) is 15.3 Å². The van der Waals surface area contributed by atoms with Crippen molar-refractivity contribution in [2.24, 2.45) is 0 Å². The number of nitrogens with one attached hydrogen (secondary N) is 1. The fraction of sp³-hybridized carbons (Fsp3) is 0.647. The van der Waals surface area contributed by atoms with E-state index in [0.717, 1.165) is 19.6 Å². The van der Waals surface area contributed by atoms with Crippen LogP contribution in [-0.4, -0.2) is 30.1 Å². The van der Waals surface area contributed by atoms with Gasteiger partial charge in [0.05, 0.1) is 10.0 Å². The molecule has 0 amide bonds. The molecule has 118 valence electrons. The number of hydrogen-bond acceptors (Lipinski definition) is 2. The third-order valence-electron chi connectivity index (χ3n) is 4.24. The summed E-state index contributed by atoms with van der Waals surface area (Å²) in [6.07, 6.45) is 4.95. The van der Waals surface area contributed by atoms with Gasteiger partial charge in [-0.1, -0.05) is 56.0 Å². The molecule has 1 aliphatic heterocycles. The van der Waals surface area contributed by atoms with Gasteiger partial charge in [0.1, 0.15) is 0 Å². The highest BCUT2D eigenvalue weighted by molar-refractivity contribution is 6.42. The van der Waals surface area contributed by atoms with Crippen molar-refractivity contribution in [3.8, 4) is 0 Å². The molecule has 1 N–H and O–H groups in total. The van der Waals surface area contributed by atoms with Gasteiger partial charge in [0.2, 0.25) is 0 Å². The summed E-state index contributed by atoms with van der Waals surface area (Å²) in [4.78, 5) is 2.61. The Morgan fingerprint density at radius 1 is 1.14 bits per heavy atom. The molecule has 1 heterocycles. The van der Waals surface area contributed by atoms with Gasteiger partial charge in [0.25, 0.3) is 0 Å². The van der Waals surface area contributed by atoms with E-state index in [2.05, 4.69) is 30.1 Å². The lowest BCUT2D eigenvalue weighted by Crippen LogP contribution is -2.55. The van der Waals surface area contributed by atoms with E-state index < -0.39 is 0 Å². The molecule has 1 aromatic carbocycles. The van der Waals surface area contributed by atoms with Crippen LogP contribution in [0.25, 0.3) is 0 Å². The molecule has 1 aliphatic rings. The Labute approximate surface area is 138 Å². The lowest BCUT2D eigenvalue weighted by atomic mass is 10.0. The van der Waals surface area contributed by atoms with Gasteiger partial charge in [-0.15, -0.1) is 0 Å². The van der Waals surface area contributed by atoms with E-state index in [0.29, 0.717) is 22.1 Å². The van der Waals surface area contributed by atoms with Crippen LogP contribution in [0.5, 0.6) is 0 Å². The fourth-order valence-electron chi connectivity index (χ4n) is 3.15. The first kappa shape index (κ1) is 17.1.